The molecule has 1 N–H and O–H groups in total. The summed E-state index contributed by atoms with van der Waals surface area (Å²) in [5, 5.41) is 4.16. The van der Waals surface area contributed by atoms with Crippen LogP contribution in [0.2, 0.25) is 0 Å². The molecular weight excluding hydrogens is 414 g/mol. The van der Waals surface area contributed by atoms with E-state index in [4.69, 9.17) is 4.74 Å². The second-order valence-electron chi connectivity index (χ2n) is 8.56. The maximum Gasteiger partial charge on any atom is 0.338 e. The first-order chi connectivity index (χ1) is 15.7. The molecule has 0 fully saturated rings. The molecule has 0 saturated carbocycles. The van der Waals surface area contributed by atoms with Crippen LogP contribution in [0.3, 0.4) is 0 Å². The van der Waals surface area contributed by atoms with E-state index in [9.17, 15) is 9.59 Å². The summed E-state index contributed by atoms with van der Waals surface area (Å²) in [7, 11) is 0. The zero-order valence-electron chi connectivity index (χ0n) is 20.1. The highest BCUT2D eigenvalue weighted by Crippen LogP contribution is 2.20. The van der Waals surface area contributed by atoms with Gasteiger partial charge in [-0.05, 0) is 83.0 Å². The predicted molar refractivity (Wildman–Crippen MR) is 131 cm³/mol. The monoisotopic (exact) mass is 445 g/mol. The van der Waals surface area contributed by atoms with Crippen molar-refractivity contribution in [1.29, 1.82) is 0 Å². The lowest BCUT2D eigenvalue weighted by atomic mass is 10.0. The molecule has 0 aliphatic heterocycles. The number of aryl methyl sites for hydroxylation is 3. The zero-order valence-corrected chi connectivity index (χ0v) is 20.1. The summed E-state index contributed by atoms with van der Waals surface area (Å²) < 4.78 is 7.33. The lowest BCUT2D eigenvalue weighted by Crippen LogP contribution is -2.20. The molecule has 0 radical (unpaired) electrons. The van der Waals surface area contributed by atoms with Crippen LogP contribution < -0.4 is 5.43 Å². The molecule has 0 atom stereocenters. The molecule has 1 aromatic heterocycles. The molecule has 172 valence electrons. The highest BCUT2D eigenvalue weighted by molar-refractivity contribution is 5.90. The fourth-order valence-corrected chi connectivity index (χ4v) is 3.77. The van der Waals surface area contributed by atoms with Gasteiger partial charge in [0.05, 0.1) is 24.3 Å². The van der Waals surface area contributed by atoms with Gasteiger partial charge >= 0.3 is 5.97 Å². The van der Waals surface area contributed by atoms with Crippen LogP contribution in [0.15, 0.2) is 53.6 Å². The fraction of sp³-hybridized carbons (Fsp3) is 0.296. The number of hydrogen-bond acceptors (Lipinski definition) is 4. The third-order valence-corrected chi connectivity index (χ3v) is 5.42. The first-order valence-corrected chi connectivity index (χ1v) is 11.0. The van der Waals surface area contributed by atoms with Gasteiger partial charge in [0.2, 0.25) is 5.91 Å². The molecule has 0 unspecified atom stereocenters. The van der Waals surface area contributed by atoms with Gasteiger partial charge in [0.25, 0.3) is 0 Å². The SMILES string of the molecule is Cc1ccc(CC(=O)N/N=C/c2cc(C)n(-c3ccc(C(=O)OC(C)C)cc3)c2C)c(C)c1. The second kappa shape index (κ2) is 10.3. The van der Waals surface area contributed by atoms with Gasteiger partial charge in [-0.1, -0.05) is 23.8 Å². The van der Waals surface area contributed by atoms with Crippen LogP contribution in [0.4, 0.5) is 0 Å². The summed E-state index contributed by atoms with van der Waals surface area (Å²) in [4.78, 5) is 24.4. The minimum Gasteiger partial charge on any atom is -0.459 e. The molecule has 1 amide bonds. The van der Waals surface area contributed by atoms with Crippen molar-refractivity contribution in [3.63, 3.8) is 0 Å². The number of amides is 1. The molecule has 0 aliphatic rings. The lowest BCUT2D eigenvalue weighted by molar-refractivity contribution is -0.120. The quantitative estimate of drug-likeness (QED) is 0.317. The Labute approximate surface area is 195 Å². The van der Waals surface area contributed by atoms with Crippen molar-refractivity contribution < 1.29 is 14.3 Å². The number of hydrazone groups is 1. The molecule has 0 aliphatic carbocycles. The summed E-state index contributed by atoms with van der Waals surface area (Å²) in [6.45, 7) is 11.7. The molecule has 3 rings (SSSR count). The Balaban J connectivity index is 1.69. The van der Waals surface area contributed by atoms with Crippen molar-refractivity contribution in [3.05, 3.63) is 87.7 Å². The van der Waals surface area contributed by atoms with E-state index < -0.39 is 0 Å². The van der Waals surface area contributed by atoms with Crippen LogP contribution in [0.5, 0.6) is 0 Å². The van der Waals surface area contributed by atoms with Crippen LogP contribution >= 0.6 is 0 Å². The largest absolute Gasteiger partial charge is 0.459 e. The number of nitrogens with zero attached hydrogens (tertiary/aromatic N) is 2. The van der Waals surface area contributed by atoms with E-state index in [-0.39, 0.29) is 24.4 Å². The van der Waals surface area contributed by atoms with Crippen LogP contribution in [0, 0.1) is 27.7 Å². The standard InChI is InChI=1S/C27H31N3O3/c1-17(2)33-27(32)22-9-11-25(12-10-22)30-20(5)14-24(21(30)6)16-28-29-26(31)15-23-8-7-18(3)13-19(23)4/h7-14,16-17H,15H2,1-6H3,(H,29,31)/b28-16+. The van der Waals surface area contributed by atoms with Gasteiger partial charge in [-0.25, -0.2) is 10.2 Å². The van der Waals surface area contributed by atoms with Crippen LogP contribution in [0.25, 0.3) is 5.69 Å². The van der Waals surface area contributed by atoms with Crippen molar-refractivity contribution >= 4 is 18.1 Å². The number of rotatable bonds is 7. The molecule has 1 heterocycles. The number of nitrogens with one attached hydrogen (secondary N) is 1. The average molecular weight is 446 g/mol. The number of aromatic nitrogens is 1. The number of ether oxygens (including phenoxy) is 1. The third kappa shape index (κ3) is 5.98. The summed E-state index contributed by atoms with van der Waals surface area (Å²) in [6.07, 6.45) is 1.79. The predicted octanol–water partition coefficient (Wildman–Crippen LogP) is 4.97. The van der Waals surface area contributed by atoms with Gasteiger partial charge in [-0.2, -0.15) is 5.10 Å². The van der Waals surface area contributed by atoms with Crippen molar-refractivity contribution in [2.45, 2.75) is 54.1 Å². The van der Waals surface area contributed by atoms with E-state index >= 15 is 0 Å². The maximum absolute atomic E-state index is 12.3. The normalized spacial score (nSPS) is 11.2. The van der Waals surface area contributed by atoms with Crippen molar-refractivity contribution in [2.75, 3.05) is 0 Å². The zero-order chi connectivity index (χ0) is 24.1. The number of carbonyl (C=O) groups excluding carboxylic acids is 2. The summed E-state index contributed by atoms with van der Waals surface area (Å²) >= 11 is 0. The van der Waals surface area contributed by atoms with Crippen LogP contribution in [0.1, 0.15) is 57.8 Å². The van der Waals surface area contributed by atoms with E-state index in [0.29, 0.717) is 5.56 Å². The molecule has 3 aromatic rings. The minimum atomic E-state index is -0.332. The molecule has 6 nitrogen and oxygen atoms in total. The van der Waals surface area contributed by atoms with Gasteiger partial charge in [0, 0.05) is 22.6 Å². The summed E-state index contributed by atoms with van der Waals surface area (Å²) in [5.41, 5.74) is 10.3. The topological polar surface area (TPSA) is 72.7 Å². The molecule has 0 spiro atoms. The Morgan fingerprint density at radius 1 is 1.03 bits per heavy atom. The minimum absolute atomic E-state index is 0.157. The molecule has 0 saturated heterocycles. The van der Waals surface area contributed by atoms with Crippen LogP contribution in [-0.4, -0.2) is 28.8 Å². The van der Waals surface area contributed by atoms with Gasteiger partial charge in [0.15, 0.2) is 0 Å². The Bertz CT molecular complexity index is 1190. The molecule has 6 heteroatoms. The van der Waals surface area contributed by atoms with Gasteiger partial charge in [0.1, 0.15) is 0 Å². The average Bonchev–Trinajstić information content (AvgIpc) is 3.03. The van der Waals surface area contributed by atoms with E-state index in [0.717, 1.165) is 33.8 Å². The van der Waals surface area contributed by atoms with Gasteiger partial charge in [-0.3, -0.25) is 4.79 Å². The Morgan fingerprint density at radius 3 is 2.36 bits per heavy atom. The van der Waals surface area contributed by atoms with Gasteiger partial charge < -0.3 is 9.30 Å². The lowest BCUT2D eigenvalue weighted by Gasteiger charge is -2.11. The Hall–Kier alpha value is -3.67. The van der Waals surface area contributed by atoms with E-state index in [2.05, 4.69) is 21.2 Å². The highest BCUT2D eigenvalue weighted by atomic mass is 16.5. The maximum atomic E-state index is 12.3. The van der Waals surface area contributed by atoms with Gasteiger partial charge in [-0.15, -0.1) is 0 Å². The molecular formula is C27H31N3O3. The first-order valence-electron chi connectivity index (χ1n) is 11.0. The number of benzene rings is 2. The smallest absolute Gasteiger partial charge is 0.338 e. The molecule has 0 bridgehead atoms. The Kier molecular flexibility index (Phi) is 7.48. The first kappa shape index (κ1) is 24.0. The summed E-state index contributed by atoms with van der Waals surface area (Å²) in [5.74, 6) is -0.488. The number of esters is 1. The molecule has 2 aromatic carbocycles. The highest BCUT2D eigenvalue weighted by Gasteiger charge is 2.13. The Morgan fingerprint density at radius 2 is 1.73 bits per heavy atom. The second-order valence-corrected chi connectivity index (χ2v) is 8.56. The van der Waals surface area contributed by atoms with E-state index in [1.54, 1.807) is 18.3 Å². The number of carbonyl (C=O) groups is 2. The van der Waals surface area contributed by atoms with E-state index in [1.165, 1.54) is 5.56 Å². The van der Waals surface area contributed by atoms with Crippen molar-refractivity contribution in [3.8, 4) is 5.69 Å². The van der Waals surface area contributed by atoms with E-state index in [1.807, 2.05) is 71.9 Å². The van der Waals surface area contributed by atoms with Crippen molar-refractivity contribution in [1.82, 2.24) is 9.99 Å². The third-order valence-electron chi connectivity index (χ3n) is 5.42. The number of hydrogen-bond donors (Lipinski definition) is 1. The van der Waals surface area contributed by atoms with Crippen LogP contribution in [-0.2, 0) is 16.0 Å². The fourth-order valence-electron chi connectivity index (χ4n) is 3.77. The molecule has 33 heavy (non-hydrogen) atoms. The van der Waals surface area contributed by atoms with Crippen molar-refractivity contribution in [2.24, 2.45) is 5.10 Å². The summed E-state index contributed by atoms with van der Waals surface area (Å²) in [6, 6.07) is 15.4.